The molecule has 0 aliphatic rings. The molecule has 35 heteroatoms. The minimum absolute atomic E-state index is 0. The molecule has 3 N–H and O–H groups in total. The molecule has 0 saturated carbocycles. The minimum Gasteiger partial charge on any atom is -0.662 e. The van der Waals surface area contributed by atoms with Gasteiger partial charge in [0.2, 0.25) is 0 Å². The number of aromatic nitrogens is 12. The summed E-state index contributed by atoms with van der Waals surface area (Å²) in [5.41, 5.74) is 10.9. The van der Waals surface area contributed by atoms with Crippen molar-refractivity contribution >= 4 is 83.6 Å². The first-order valence-electron chi connectivity index (χ1n) is 45.8. The number of pyridine rings is 10. The summed E-state index contributed by atoms with van der Waals surface area (Å²) in [6.07, 6.45) is 19.9. The molecule has 0 unspecified atom stereocenters. The Hall–Kier alpha value is -11.6. The van der Waals surface area contributed by atoms with Crippen LogP contribution in [-0.2, 0) is 101 Å². The Bertz CT molecular complexity index is 6650. The maximum Gasteiger partial charge on any atom is 0.134 e. The van der Waals surface area contributed by atoms with Crippen molar-refractivity contribution in [3.63, 3.8) is 0 Å². The van der Waals surface area contributed by atoms with E-state index in [1.807, 2.05) is 186 Å². The molecule has 0 fully saturated rings. The molecular formula is C114H115F10Ir5N12O3Si5-7. The zero-order valence-corrected chi connectivity index (χ0v) is 102. The van der Waals surface area contributed by atoms with E-state index in [9.17, 15) is 43.9 Å². The molecule has 0 aliphatic carbocycles. The third-order valence-corrected chi connectivity index (χ3v) is 35.1. The molecule has 15 nitrogen and oxygen atoms in total. The molecule has 0 bridgehead atoms. The van der Waals surface area contributed by atoms with Crippen molar-refractivity contribution in [1.82, 2.24) is 59.8 Å². The standard InChI is InChI=1S/C17H20F2NSi.2C15H16F2NSi.2C14H14F2NSi.2C9H7N2.3C7H7NO.5Ir/c1-4-21(5-2,6-3)17-14(18)11-10-13(16(17)19)15-9-7-8-12-20-15;1-10-7-8-18-13(9-10)11-5-6-12(16)15(14(11)17)19(2,3)4;1-10-6-5-9-18-14(10)11-7-8-12(16)15(13(11)17)19(2,3)4;2*1-18(2,3)14-11(15)8-7-10(13(14)16)12-6-4-5-9-17-12;2*1-2-6-10-8(4-1)9-5-3-7-11-9;3*1-6(9)7-4-2-3-5-8-7;;;;;/h7-9,11-12H,4-6H2,1-3H3;6-9H,1-4H3;5-6,8-9H,1-4H3;2*4-6,8-9H,1-3H3;2*1-7H;3*2-5,9H,1H2;;;;;/q7*-1;;;;;;;;. The molecule has 0 aliphatic heterocycles. The van der Waals surface area contributed by atoms with Gasteiger partial charge in [0.1, 0.15) is 34.4 Å². The fraction of sp³-hybridized carbons (Fsp3) is 0.175. The summed E-state index contributed by atoms with van der Waals surface area (Å²) in [6.45, 7) is 42.8. The Morgan fingerprint density at radius 3 is 0.765 bits per heavy atom. The first kappa shape index (κ1) is 132. The molecule has 791 valence electrons. The van der Waals surface area contributed by atoms with E-state index >= 15 is 0 Å². The smallest absolute Gasteiger partial charge is 0.134 e. The van der Waals surface area contributed by atoms with Gasteiger partial charge in [-0.25, -0.2) is 0 Å². The number of nitrogens with zero attached hydrogens (tertiary/aromatic N) is 12. The Kier molecular flexibility index (Phi) is 56.1. The van der Waals surface area contributed by atoms with E-state index in [0.29, 0.717) is 50.7 Å². The van der Waals surface area contributed by atoms with Crippen molar-refractivity contribution in [3.8, 4) is 79.1 Å². The van der Waals surface area contributed by atoms with E-state index < -0.39 is 98.5 Å². The largest absolute Gasteiger partial charge is 0.662 e. The van der Waals surface area contributed by atoms with Crippen LogP contribution >= 0.6 is 0 Å². The second-order valence-electron chi connectivity index (χ2n) is 36.3. The Labute approximate surface area is 940 Å². The average molecular weight is 2990 g/mol. The molecule has 0 spiro atoms. The number of hydrogen-bond donors (Lipinski definition) is 3. The summed E-state index contributed by atoms with van der Waals surface area (Å²) in [6, 6.07) is 80.1. The first-order valence-corrected chi connectivity index (χ1v) is 62.5. The van der Waals surface area contributed by atoms with Gasteiger partial charge in [-0.05, 0) is 133 Å². The number of benzene rings is 5. The zero-order chi connectivity index (χ0) is 106. The fourth-order valence-corrected chi connectivity index (χ4v) is 24.4. The number of aryl methyl sites for hydroxylation is 2. The fourth-order valence-electron chi connectivity index (χ4n) is 14.4. The van der Waals surface area contributed by atoms with Crippen LogP contribution in [0, 0.1) is 102 Å². The van der Waals surface area contributed by atoms with Crippen LogP contribution < -0.4 is 35.9 Å². The van der Waals surface area contributed by atoms with Crippen LogP contribution in [0.25, 0.3) is 96.3 Å². The normalized spacial score (nSPS) is 10.5. The Balaban J connectivity index is 0.000000429. The van der Waals surface area contributed by atoms with Gasteiger partial charge < -0.3 is 50.2 Å². The summed E-state index contributed by atoms with van der Waals surface area (Å²) in [5, 5.41) is 27.5. The SMILES string of the molecule is C=C(O)c1ccccn1.C=C(O)c1ccccn1.C=C(O)c1ccccn1.CC[Si](CC)(CC)c1c(F)c[c-]c(-c2ccccn2)c1F.C[Si](C)(C)c1c(F)c[c-]c(-c2ccccn2)c1F.C[Si](C)(C)c1c(F)c[c-]c(-c2ccccn2)c1F.Cc1cccnc1-c1[c-]cc(F)c([Si](C)(C)C)c1F.Cc1ccnc(-c2[c-]cc(F)c([Si](C)(C)C)c2F)c1.[Ir].[Ir].[Ir].[Ir].[Ir].c1ccc(-c2ccc[n-]2)nc1.c1ccc(-c2ccc[n-]2)nc1. The molecule has 0 saturated heterocycles. The van der Waals surface area contributed by atoms with E-state index in [0.717, 1.165) is 52.0 Å². The van der Waals surface area contributed by atoms with Gasteiger partial charge in [0.05, 0.1) is 40.4 Å². The van der Waals surface area contributed by atoms with Crippen molar-refractivity contribution in [2.75, 3.05) is 0 Å². The van der Waals surface area contributed by atoms with E-state index in [1.54, 1.807) is 196 Å². The minimum atomic E-state index is -2.14. The number of aliphatic hydroxyl groups excluding tert-OH is 3. The van der Waals surface area contributed by atoms with Crippen LogP contribution in [0.4, 0.5) is 43.9 Å². The van der Waals surface area contributed by atoms with Gasteiger partial charge in [0, 0.05) is 232 Å². The van der Waals surface area contributed by atoms with Gasteiger partial charge in [-0.2, -0.15) is 12.4 Å². The van der Waals surface area contributed by atoms with Gasteiger partial charge in [0.25, 0.3) is 0 Å². The molecule has 12 aromatic heterocycles. The third kappa shape index (κ3) is 39.0. The van der Waals surface area contributed by atoms with Crippen LogP contribution in [0.15, 0.2) is 319 Å². The maximum atomic E-state index is 15.0. The molecule has 149 heavy (non-hydrogen) atoms. The summed E-state index contributed by atoms with van der Waals surface area (Å²) >= 11 is 0. The number of hydrogen-bond acceptors (Lipinski definition) is 13. The van der Waals surface area contributed by atoms with Crippen LogP contribution in [0.1, 0.15) is 49.0 Å². The first-order chi connectivity index (χ1) is 68.4. The third-order valence-electron chi connectivity index (χ3n) is 21.7. The number of halogens is 10. The molecule has 5 aromatic carbocycles. The predicted molar refractivity (Wildman–Crippen MR) is 574 cm³/mol. The van der Waals surface area contributed by atoms with Crippen molar-refractivity contribution < 1.29 is 160 Å². The molecule has 12 heterocycles. The van der Waals surface area contributed by atoms with Gasteiger partial charge in [0.15, 0.2) is 0 Å². The Morgan fingerprint density at radius 1 is 0.282 bits per heavy atom. The van der Waals surface area contributed by atoms with E-state index in [-0.39, 0.29) is 166 Å². The second-order valence-corrected chi connectivity index (χ2v) is 61.5. The number of aliphatic hydroxyl groups is 3. The second kappa shape index (κ2) is 63.5. The van der Waals surface area contributed by atoms with Crippen LogP contribution in [0.3, 0.4) is 0 Å². The summed E-state index contributed by atoms with van der Waals surface area (Å²) in [7, 11) is -10.5. The molecule has 17 aromatic rings. The quantitative estimate of drug-likeness (QED) is 0.0315. The Morgan fingerprint density at radius 2 is 0.530 bits per heavy atom. The van der Waals surface area contributed by atoms with E-state index in [1.165, 1.54) is 30.3 Å². The summed E-state index contributed by atoms with van der Waals surface area (Å²) in [5.74, 6) is -4.99. The van der Waals surface area contributed by atoms with Gasteiger partial charge in [-0.3, -0.25) is 68.8 Å². The molecule has 0 atom stereocenters. The van der Waals surface area contributed by atoms with Gasteiger partial charge >= 0.3 is 0 Å². The van der Waals surface area contributed by atoms with Crippen molar-refractivity contribution in [1.29, 1.82) is 0 Å². The molecule has 17 rings (SSSR count). The molecule has 5 radical (unpaired) electrons. The summed E-state index contributed by atoms with van der Waals surface area (Å²) < 4.78 is 143. The zero-order valence-electron chi connectivity index (χ0n) is 85.2. The maximum absolute atomic E-state index is 15.0. The molecular weight excluding hydrogens is 2880 g/mol. The van der Waals surface area contributed by atoms with Gasteiger partial charge in [-0.15, -0.1) is 72.1 Å². The van der Waals surface area contributed by atoms with E-state index in [4.69, 9.17) is 15.3 Å². The van der Waals surface area contributed by atoms with Gasteiger partial charge in [-0.1, -0.05) is 305 Å². The predicted octanol–water partition coefficient (Wildman–Crippen LogP) is 26.9. The number of rotatable bonds is 18. The van der Waals surface area contributed by atoms with Crippen molar-refractivity contribution in [2.45, 2.75) is 131 Å². The summed E-state index contributed by atoms with van der Waals surface area (Å²) in [4.78, 5) is 48.7. The van der Waals surface area contributed by atoms with Crippen molar-refractivity contribution in [2.24, 2.45) is 0 Å². The average Bonchev–Trinajstić information content (AvgIpc) is 1.26. The van der Waals surface area contributed by atoms with Crippen LogP contribution in [0.5, 0.6) is 0 Å². The van der Waals surface area contributed by atoms with Crippen molar-refractivity contribution in [3.05, 3.63) is 435 Å². The monoisotopic (exact) mass is 2990 g/mol. The van der Waals surface area contributed by atoms with Crippen LogP contribution in [0.2, 0.25) is 96.7 Å². The van der Waals surface area contributed by atoms with Crippen LogP contribution in [-0.4, -0.2) is 106 Å². The molecule has 0 amide bonds. The topological polar surface area (TPSA) is 218 Å². The van der Waals surface area contributed by atoms with E-state index in [2.05, 4.69) is 110 Å².